The minimum absolute atomic E-state index is 0.108. The highest BCUT2D eigenvalue weighted by Gasteiger charge is 2.56. The number of hydrogen-bond donors (Lipinski definition) is 1. The van der Waals surface area contributed by atoms with Gasteiger partial charge in [-0.15, -0.1) is 0 Å². The lowest BCUT2D eigenvalue weighted by molar-refractivity contribution is 0.0872. The van der Waals surface area contributed by atoms with E-state index in [-0.39, 0.29) is 24.2 Å². The van der Waals surface area contributed by atoms with Crippen molar-refractivity contribution < 1.29 is 18.0 Å². The van der Waals surface area contributed by atoms with E-state index in [1.54, 1.807) is 0 Å². The van der Waals surface area contributed by atoms with Crippen molar-refractivity contribution in [2.75, 3.05) is 6.54 Å². The molecule has 1 fully saturated rings. The van der Waals surface area contributed by atoms with E-state index < -0.39 is 17.7 Å². The molecule has 1 aromatic heterocycles. The molecule has 1 aliphatic rings. The van der Waals surface area contributed by atoms with Crippen molar-refractivity contribution in [2.24, 2.45) is 5.92 Å². The van der Waals surface area contributed by atoms with Crippen molar-refractivity contribution >= 4 is 5.91 Å². The zero-order chi connectivity index (χ0) is 12.6. The van der Waals surface area contributed by atoms with Gasteiger partial charge < -0.3 is 9.73 Å². The van der Waals surface area contributed by atoms with Crippen LogP contribution < -0.4 is 10.7 Å². The third kappa shape index (κ3) is 2.69. The molecule has 1 heterocycles. The Labute approximate surface area is 95.6 Å². The van der Waals surface area contributed by atoms with Crippen molar-refractivity contribution in [2.45, 2.75) is 19.3 Å². The van der Waals surface area contributed by atoms with Gasteiger partial charge in [0, 0.05) is 31.0 Å². The highest BCUT2D eigenvalue weighted by atomic mass is 19.3. The summed E-state index contributed by atoms with van der Waals surface area (Å²) in [6, 6.07) is 2.28. The SMILES string of the molecule is Cc1cc(=O)cc(C(=O)NCC2CC2(F)F)o1. The zero-order valence-corrected chi connectivity index (χ0v) is 9.13. The maximum atomic E-state index is 12.6. The second-order valence-electron chi connectivity index (χ2n) is 4.14. The van der Waals surface area contributed by atoms with Gasteiger partial charge in [0.25, 0.3) is 11.8 Å². The second kappa shape index (κ2) is 3.94. The molecule has 4 nitrogen and oxygen atoms in total. The normalized spacial score (nSPS) is 21.0. The molecule has 1 atom stereocenters. The summed E-state index contributed by atoms with van der Waals surface area (Å²) in [5.41, 5.74) is -0.351. The van der Waals surface area contributed by atoms with Crippen molar-refractivity contribution in [3.8, 4) is 0 Å². The molecule has 0 spiro atoms. The number of halogens is 2. The van der Waals surface area contributed by atoms with Crippen LogP contribution >= 0.6 is 0 Å². The van der Waals surface area contributed by atoms with E-state index in [9.17, 15) is 18.4 Å². The Kier molecular flexibility index (Phi) is 2.73. The van der Waals surface area contributed by atoms with Gasteiger partial charge in [-0.2, -0.15) is 0 Å². The van der Waals surface area contributed by atoms with Gasteiger partial charge in [-0.3, -0.25) is 9.59 Å². The molecule has 6 heteroatoms. The van der Waals surface area contributed by atoms with Crippen LogP contribution in [0.2, 0.25) is 0 Å². The Morgan fingerprint density at radius 1 is 1.59 bits per heavy atom. The summed E-state index contributed by atoms with van der Waals surface area (Å²) in [6.07, 6.45) is -0.203. The topological polar surface area (TPSA) is 59.3 Å². The Morgan fingerprint density at radius 2 is 2.24 bits per heavy atom. The summed E-state index contributed by atoms with van der Waals surface area (Å²) in [5, 5.41) is 2.32. The molecule has 17 heavy (non-hydrogen) atoms. The van der Waals surface area contributed by atoms with Gasteiger partial charge in [-0.05, 0) is 6.92 Å². The highest BCUT2D eigenvalue weighted by molar-refractivity contribution is 5.91. The van der Waals surface area contributed by atoms with Gasteiger partial charge in [0.05, 0.1) is 0 Å². The van der Waals surface area contributed by atoms with E-state index in [1.165, 1.54) is 13.0 Å². The fraction of sp³-hybridized carbons (Fsp3) is 0.455. The summed E-state index contributed by atoms with van der Waals surface area (Å²) in [4.78, 5) is 22.6. The van der Waals surface area contributed by atoms with Crippen LogP contribution in [0.25, 0.3) is 0 Å². The molecule has 1 saturated carbocycles. The molecule has 1 aliphatic carbocycles. The van der Waals surface area contributed by atoms with Gasteiger partial charge in [-0.25, -0.2) is 8.78 Å². The van der Waals surface area contributed by atoms with Crippen LogP contribution in [-0.4, -0.2) is 18.4 Å². The van der Waals surface area contributed by atoms with Crippen LogP contribution in [0.5, 0.6) is 0 Å². The van der Waals surface area contributed by atoms with Gasteiger partial charge >= 0.3 is 0 Å². The van der Waals surface area contributed by atoms with Gasteiger partial charge in [-0.1, -0.05) is 0 Å². The van der Waals surface area contributed by atoms with E-state index in [2.05, 4.69) is 5.32 Å². The number of carbonyl (C=O) groups excluding carboxylic acids is 1. The number of hydrogen-bond acceptors (Lipinski definition) is 3. The third-order valence-corrected chi connectivity index (χ3v) is 2.58. The monoisotopic (exact) mass is 243 g/mol. The molecular formula is C11H11F2NO3. The fourth-order valence-corrected chi connectivity index (χ4v) is 1.51. The lowest BCUT2D eigenvalue weighted by Crippen LogP contribution is -2.27. The number of alkyl halides is 2. The summed E-state index contributed by atoms with van der Waals surface area (Å²) in [5.74, 6) is -3.96. The highest BCUT2D eigenvalue weighted by Crippen LogP contribution is 2.47. The first kappa shape index (κ1) is 11.8. The summed E-state index contributed by atoms with van der Waals surface area (Å²) < 4.78 is 30.1. The summed E-state index contributed by atoms with van der Waals surface area (Å²) in [7, 11) is 0. The number of nitrogens with one attached hydrogen (secondary N) is 1. The zero-order valence-electron chi connectivity index (χ0n) is 9.13. The predicted molar refractivity (Wildman–Crippen MR) is 55.1 cm³/mol. The Morgan fingerprint density at radius 3 is 2.76 bits per heavy atom. The van der Waals surface area contributed by atoms with Crippen molar-refractivity contribution in [1.29, 1.82) is 0 Å². The molecule has 1 N–H and O–H groups in total. The Bertz CT molecular complexity index is 510. The largest absolute Gasteiger partial charge is 0.456 e. The number of aryl methyl sites for hydroxylation is 1. The number of rotatable bonds is 3. The Hall–Kier alpha value is -1.72. The van der Waals surface area contributed by atoms with Crippen LogP contribution in [0.3, 0.4) is 0 Å². The standard InChI is InChI=1S/C11H11F2NO3/c1-6-2-8(15)3-9(17-6)10(16)14-5-7-4-11(7,12)13/h2-3,7H,4-5H2,1H3,(H,14,16). The van der Waals surface area contributed by atoms with Crippen LogP contribution in [-0.2, 0) is 0 Å². The van der Waals surface area contributed by atoms with E-state index in [0.717, 1.165) is 6.07 Å². The quantitative estimate of drug-likeness (QED) is 0.871. The lowest BCUT2D eigenvalue weighted by atomic mass is 10.3. The maximum Gasteiger partial charge on any atom is 0.287 e. The molecule has 1 amide bonds. The first-order chi connectivity index (χ1) is 7.88. The minimum Gasteiger partial charge on any atom is -0.456 e. The van der Waals surface area contributed by atoms with Crippen molar-refractivity contribution in [1.82, 2.24) is 5.32 Å². The van der Waals surface area contributed by atoms with Gasteiger partial charge in [0.15, 0.2) is 11.2 Å². The molecule has 1 unspecified atom stereocenters. The second-order valence-corrected chi connectivity index (χ2v) is 4.14. The fourth-order valence-electron chi connectivity index (χ4n) is 1.51. The van der Waals surface area contributed by atoms with E-state index in [4.69, 9.17) is 4.42 Å². The predicted octanol–water partition coefficient (Wildman–Crippen LogP) is 1.33. The molecule has 0 radical (unpaired) electrons. The molecule has 0 bridgehead atoms. The molecule has 2 rings (SSSR count). The number of carbonyl (C=O) groups is 1. The van der Waals surface area contributed by atoms with E-state index >= 15 is 0 Å². The Balaban J connectivity index is 1.98. The van der Waals surface area contributed by atoms with E-state index in [0.29, 0.717) is 5.76 Å². The van der Waals surface area contributed by atoms with Crippen molar-refractivity contribution in [3.63, 3.8) is 0 Å². The molecule has 92 valence electrons. The van der Waals surface area contributed by atoms with Crippen LogP contribution in [0.1, 0.15) is 22.7 Å². The number of amides is 1. The van der Waals surface area contributed by atoms with Crippen molar-refractivity contribution in [3.05, 3.63) is 33.9 Å². The third-order valence-electron chi connectivity index (χ3n) is 2.58. The average molecular weight is 243 g/mol. The maximum absolute atomic E-state index is 12.6. The van der Waals surface area contributed by atoms with Gasteiger partial charge in [0.1, 0.15) is 5.76 Å². The molecule has 1 aromatic rings. The summed E-state index contributed by atoms with van der Waals surface area (Å²) >= 11 is 0. The van der Waals surface area contributed by atoms with Crippen LogP contribution in [0, 0.1) is 12.8 Å². The van der Waals surface area contributed by atoms with Crippen LogP contribution in [0.4, 0.5) is 8.78 Å². The minimum atomic E-state index is -2.67. The van der Waals surface area contributed by atoms with Gasteiger partial charge in [0.2, 0.25) is 0 Å². The molecular weight excluding hydrogens is 232 g/mol. The lowest BCUT2D eigenvalue weighted by Gasteiger charge is -2.03. The average Bonchev–Trinajstić information content (AvgIpc) is 2.81. The first-order valence-corrected chi connectivity index (χ1v) is 5.16. The molecule has 0 aromatic carbocycles. The van der Waals surface area contributed by atoms with Crippen LogP contribution in [0.15, 0.2) is 21.3 Å². The van der Waals surface area contributed by atoms with E-state index in [1.807, 2.05) is 0 Å². The smallest absolute Gasteiger partial charge is 0.287 e. The first-order valence-electron chi connectivity index (χ1n) is 5.16. The molecule has 0 aliphatic heterocycles. The molecule has 0 saturated heterocycles. The summed E-state index contributed by atoms with van der Waals surface area (Å²) in [6.45, 7) is 1.43.